The number of aryl methyl sites for hydroxylation is 1. The number of nitrogens with zero attached hydrogens (tertiary/aromatic N) is 3. The molecule has 0 radical (unpaired) electrons. The van der Waals surface area contributed by atoms with Gasteiger partial charge in [-0.2, -0.15) is 5.06 Å². The highest BCUT2D eigenvalue weighted by Crippen LogP contribution is 2.09. The summed E-state index contributed by atoms with van der Waals surface area (Å²) in [7, 11) is 0. The van der Waals surface area contributed by atoms with Gasteiger partial charge in [0.15, 0.2) is 0 Å². The first kappa shape index (κ1) is 54.7. The Morgan fingerprint density at radius 1 is 0.508 bits per heavy atom. The number of Topliss-reactive ketones (excluding diaryl/α,β-unsaturated/α-hetero) is 2. The lowest BCUT2D eigenvalue weighted by molar-refractivity contribution is -0.166. The van der Waals surface area contributed by atoms with Crippen LogP contribution in [0.2, 0.25) is 0 Å². The van der Waals surface area contributed by atoms with Gasteiger partial charge in [-0.15, -0.1) is 0 Å². The molecule has 17 heteroatoms. The Bertz CT molecular complexity index is 1430. The predicted molar refractivity (Wildman–Crippen MR) is 229 cm³/mol. The molecule has 6 N–H and O–H groups in total. The van der Waals surface area contributed by atoms with Crippen LogP contribution in [0, 0.1) is 6.92 Å². The first-order valence-electron chi connectivity index (χ1n) is 22.2. The van der Waals surface area contributed by atoms with Crippen LogP contribution in [0.15, 0.2) is 24.3 Å². The van der Waals surface area contributed by atoms with Gasteiger partial charge >= 0.3 is 0 Å². The van der Waals surface area contributed by atoms with Crippen LogP contribution < -0.4 is 16.0 Å². The van der Waals surface area contributed by atoms with Crippen LogP contribution in [0.25, 0.3) is 0 Å². The Kier molecular flexibility index (Phi) is 31.7. The summed E-state index contributed by atoms with van der Waals surface area (Å²) in [6.45, 7) is 6.75. The number of hydroxylamine groups is 6. The second-order valence-electron chi connectivity index (χ2n) is 15.5. The molecule has 0 unspecified atom stereocenters. The smallest absolute Gasteiger partial charge is 0.251 e. The van der Waals surface area contributed by atoms with Crippen molar-refractivity contribution in [2.24, 2.45) is 0 Å². The Balaban J connectivity index is 1.92. The maximum Gasteiger partial charge on any atom is 0.251 e. The van der Waals surface area contributed by atoms with Gasteiger partial charge in [0.05, 0.1) is 6.61 Å². The summed E-state index contributed by atoms with van der Waals surface area (Å²) in [6, 6.07) is 7.33. The molecule has 17 nitrogen and oxygen atoms in total. The SMILES string of the molecule is CC(=O)N(O)CCCCCNC(=O)CCCN(O)CCCCCCC(=O)CCC(=O)N(O)CCCCCNC(=O)CCC(=O)CCCCOCCNC(=O)c1ccc(C)cc1. The quantitative estimate of drug-likeness (QED) is 0.0291. The molecule has 0 bridgehead atoms. The van der Waals surface area contributed by atoms with E-state index in [-0.39, 0.29) is 68.1 Å². The number of nitrogens with one attached hydrogen (secondary N) is 3. The summed E-state index contributed by atoms with van der Waals surface area (Å²) in [6.07, 6.45) is 10.4. The Hall–Kier alpha value is -4.29. The number of unbranched alkanes of at least 4 members (excludes halogenated alkanes) is 8. The van der Waals surface area contributed by atoms with E-state index in [0.29, 0.717) is 132 Å². The summed E-state index contributed by atoms with van der Waals surface area (Å²) in [5, 5.41) is 40.4. The summed E-state index contributed by atoms with van der Waals surface area (Å²) in [4.78, 5) is 83.8. The topological polar surface area (TPSA) is 235 Å². The molecule has 0 atom stereocenters. The minimum absolute atomic E-state index is 0.0245. The molecule has 0 spiro atoms. The second-order valence-corrected chi connectivity index (χ2v) is 15.5. The number of benzene rings is 1. The van der Waals surface area contributed by atoms with Gasteiger partial charge in [-0.3, -0.25) is 44.0 Å². The fourth-order valence-electron chi connectivity index (χ4n) is 6.10. The number of amides is 5. The monoisotopic (exact) mass is 863 g/mol. The molecule has 61 heavy (non-hydrogen) atoms. The average Bonchev–Trinajstić information content (AvgIpc) is 3.23. The number of rotatable bonds is 38. The highest BCUT2D eigenvalue weighted by Gasteiger charge is 2.14. The zero-order valence-corrected chi connectivity index (χ0v) is 36.8. The fraction of sp³-hybridized carbons (Fsp3) is 0.705. The Labute approximate surface area is 362 Å². The van der Waals surface area contributed by atoms with Crippen molar-refractivity contribution in [3.8, 4) is 0 Å². The molecule has 1 aromatic carbocycles. The molecule has 0 fully saturated rings. The molecule has 1 rings (SSSR count). The van der Waals surface area contributed by atoms with Gasteiger partial charge in [-0.25, -0.2) is 10.1 Å². The number of carbonyl (C=O) groups is 7. The van der Waals surface area contributed by atoms with E-state index in [2.05, 4.69) is 16.0 Å². The lowest BCUT2D eigenvalue weighted by Gasteiger charge is -2.15. The Morgan fingerprint density at radius 2 is 1.03 bits per heavy atom. The van der Waals surface area contributed by atoms with Crippen LogP contribution in [-0.2, 0) is 33.5 Å². The summed E-state index contributed by atoms with van der Waals surface area (Å²) < 4.78 is 5.53. The molecular weight excluding hydrogens is 789 g/mol. The first-order chi connectivity index (χ1) is 29.3. The maximum absolute atomic E-state index is 12.3. The zero-order chi connectivity index (χ0) is 45.1. The van der Waals surface area contributed by atoms with E-state index in [1.165, 1.54) is 12.0 Å². The second kappa shape index (κ2) is 35.3. The summed E-state index contributed by atoms with van der Waals surface area (Å²) in [5.74, 6) is -1.33. The minimum Gasteiger partial charge on any atom is -0.380 e. The number of carbonyl (C=O) groups excluding carboxylic acids is 7. The van der Waals surface area contributed by atoms with E-state index in [1.807, 2.05) is 19.1 Å². The van der Waals surface area contributed by atoms with Crippen LogP contribution in [0.4, 0.5) is 0 Å². The van der Waals surface area contributed by atoms with E-state index in [0.717, 1.165) is 37.7 Å². The van der Waals surface area contributed by atoms with Gasteiger partial charge < -0.3 is 25.9 Å². The Morgan fingerprint density at radius 3 is 1.67 bits per heavy atom. The molecule has 0 aliphatic carbocycles. The van der Waals surface area contributed by atoms with Crippen molar-refractivity contribution in [2.75, 3.05) is 59.0 Å². The molecule has 0 saturated carbocycles. The molecule has 346 valence electrons. The number of ether oxygens (including phenoxy) is 1. The summed E-state index contributed by atoms with van der Waals surface area (Å²) >= 11 is 0. The largest absolute Gasteiger partial charge is 0.380 e. The van der Waals surface area contributed by atoms with Gasteiger partial charge in [0.25, 0.3) is 5.91 Å². The van der Waals surface area contributed by atoms with E-state index < -0.39 is 11.8 Å². The molecule has 0 aliphatic heterocycles. The van der Waals surface area contributed by atoms with Crippen molar-refractivity contribution in [2.45, 2.75) is 142 Å². The highest BCUT2D eigenvalue weighted by molar-refractivity contribution is 5.94. The standard InChI is InChI=1S/C44H74N6O11/c1-36-19-21-38(22-20-36)44(57)47-29-35-61-34-14-8-17-39(52)23-25-42(55)46-28-10-6-13-33-50(60)43(56)26-24-40(53)16-7-3-4-11-30-48(58)31-15-18-41(54)45-27-9-5-12-32-49(59)37(2)51/h19-22,58-60H,3-18,23-35H2,1-2H3,(H,45,54)(H,46,55)(H,47,57). The predicted octanol–water partition coefficient (Wildman–Crippen LogP) is 5.06. The fourth-order valence-corrected chi connectivity index (χ4v) is 6.10. The number of hydrogen-bond donors (Lipinski definition) is 6. The summed E-state index contributed by atoms with van der Waals surface area (Å²) in [5.41, 5.74) is 1.69. The minimum atomic E-state index is -0.503. The van der Waals surface area contributed by atoms with Gasteiger partial charge in [0.1, 0.15) is 11.6 Å². The van der Waals surface area contributed by atoms with E-state index in [4.69, 9.17) is 4.74 Å². The maximum atomic E-state index is 12.3. The van der Waals surface area contributed by atoms with Crippen LogP contribution in [0.5, 0.6) is 0 Å². The normalized spacial score (nSPS) is 11.0. The van der Waals surface area contributed by atoms with Gasteiger partial charge in [0.2, 0.25) is 23.6 Å². The van der Waals surface area contributed by atoms with Crippen LogP contribution in [0.1, 0.15) is 151 Å². The third kappa shape index (κ3) is 31.3. The van der Waals surface area contributed by atoms with Crippen molar-refractivity contribution in [3.05, 3.63) is 35.4 Å². The zero-order valence-electron chi connectivity index (χ0n) is 36.8. The van der Waals surface area contributed by atoms with Crippen LogP contribution >= 0.6 is 0 Å². The van der Waals surface area contributed by atoms with Crippen molar-refractivity contribution in [3.63, 3.8) is 0 Å². The molecule has 0 saturated heterocycles. The third-order valence-electron chi connectivity index (χ3n) is 9.92. The molecule has 0 heterocycles. The molecule has 5 amide bonds. The van der Waals surface area contributed by atoms with Crippen molar-refractivity contribution in [1.29, 1.82) is 0 Å². The van der Waals surface area contributed by atoms with Gasteiger partial charge in [-0.1, -0.05) is 30.5 Å². The third-order valence-corrected chi connectivity index (χ3v) is 9.92. The van der Waals surface area contributed by atoms with Crippen LogP contribution in [0.3, 0.4) is 0 Å². The van der Waals surface area contributed by atoms with E-state index >= 15 is 0 Å². The first-order valence-corrected chi connectivity index (χ1v) is 22.2. The molecule has 0 aromatic heterocycles. The van der Waals surface area contributed by atoms with Crippen molar-refractivity contribution < 1.29 is 53.9 Å². The number of hydrogen-bond acceptors (Lipinski definition) is 12. The van der Waals surface area contributed by atoms with Gasteiger partial charge in [-0.05, 0) is 89.7 Å². The van der Waals surface area contributed by atoms with Gasteiger partial charge in [0, 0.05) is 110 Å². The average molecular weight is 863 g/mol. The van der Waals surface area contributed by atoms with E-state index in [1.54, 1.807) is 12.1 Å². The molecule has 0 aliphatic rings. The number of ketones is 2. The van der Waals surface area contributed by atoms with Crippen LogP contribution in [-0.4, -0.2) is 131 Å². The lowest BCUT2D eigenvalue weighted by Crippen LogP contribution is -2.29. The van der Waals surface area contributed by atoms with E-state index in [9.17, 15) is 49.2 Å². The van der Waals surface area contributed by atoms with Crippen molar-refractivity contribution in [1.82, 2.24) is 31.1 Å². The lowest BCUT2D eigenvalue weighted by atomic mass is 10.1. The molecular formula is C44H74N6O11. The molecule has 1 aromatic rings. The van der Waals surface area contributed by atoms with Crippen molar-refractivity contribution >= 4 is 41.1 Å². The highest BCUT2D eigenvalue weighted by atomic mass is 16.5.